The van der Waals surface area contributed by atoms with Crippen molar-refractivity contribution in [2.45, 2.75) is 19.5 Å². The van der Waals surface area contributed by atoms with Gasteiger partial charge in [-0.15, -0.1) is 0 Å². The highest BCUT2D eigenvalue weighted by Crippen LogP contribution is 2.24. The number of carbonyl (C=O) groups excluding carboxylic acids is 2. The van der Waals surface area contributed by atoms with Gasteiger partial charge in [-0.05, 0) is 23.3 Å². The van der Waals surface area contributed by atoms with Crippen LogP contribution in [0.25, 0.3) is 0 Å². The highest BCUT2D eigenvalue weighted by Gasteiger charge is 2.34. The van der Waals surface area contributed by atoms with E-state index in [4.69, 9.17) is 23.2 Å². The number of halogens is 2. The normalized spacial score (nSPS) is 16.1. The molecule has 2 amide bonds. The molecule has 2 heterocycles. The minimum Gasteiger partial charge on any atom is -0.338 e. The van der Waals surface area contributed by atoms with E-state index < -0.39 is 5.92 Å². The number of rotatable bonds is 6. The summed E-state index contributed by atoms with van der Waals surface area (Å²) < 4.78 is 1.66. The van der Waals surface area contributed by atoms with Gasteiger partial charge in [-0.25, -0.2) is 4.68 Å². The van der Waals surface area contributed by atoms with Crippen LogP contribution in [0.3, 0.4) is 0 Å². The second-order valence-corrected chi connectivity index (χ2v) is 8.10. The molecule has 1 aliphatic rings. The zero-order chi connectivity index (χ0) is 21.1. The predicted octanol–water partition coefficient (Wildman–Crippen LogP) is 4.23. The average Bonchev–Trinajstić information content (AvgIpc) is 3.31. The first-order valence-corrected chi connectivity index (χ1v) is 10.3. The maximum absolute atomic E-state index is 12.8. The van der Waals surface area contributed by atoms with Crippen molar-refractivity contribution in [3.05, 3.63) is 82.0 Å². The fourth-order valence-electron chi connectivity index (χ4n) is 3.51. The van der Waals surface area contributed by atoms with Crippen molar-refractivity contribution in [3.8, 4) is 0 Å². The van der Waals surface area contributed by atoms with Gasteiger partial charge in [0.15, 0.2) is 0 Å². The van der Waals surface area contributed by atoms with Crippen LogP contribution < -0.4 is 5.32 Å². The van der Waals surface area contributed by atoms with Gasteiger partial charge in [0.2, 0.25) is 11.8 Å². The van der Waals surface area contributed by atoms with Crippen LogP contribution in [-0.2, 0) is 22.7 Å². The summed E-state index contributed by atoms with van der Waals surface area (Å²) >= 11 is 12.2. The molecule has 1 N–H and O–H groups in total. The first kappa shape index (κ1) is 20.4. The second kappa shape index (κ2) is 8.90. The zero-order valence-electron chi connectivity index (χ0n) is 16.1. The first-order valence-electron chi connectivity index (χ1n) is 9.58. The topological polar surface area (TPSA) is 67.2 Å². The van der Waals surface area contributed by atoms with Gasteiger partial charge in [0.1, 0.15) is 5.82 Å². The Morgan fingerprint density at radius 2 is 1.90 bits per heavy atom. The second-order valence-electron chi connectivity index (χ2n) is 7.26. The molecular weight excluding hydrogens is 423 g/mol. The third-order valence-electron chi connectivity index (χ3n) is 5.10. The van der Waals surface area contributed by atoms with Crippen LogP contribution in [0.1, 0.15) is 17.5 Å². The molecule has 8 heteroatoms. The summed E-state index contributed by atoms with van der Waals surface area (Å²) in [6.07, 6.45) is 1.82. The molecule has 30 heavy (non-hydrogen) atoms. The van der Waals surface area contributed by atoms with Gasteiger partial charge in [-0.3, -0.25) is 9.59 Å². The van der Waals surface area contributed by atoms with Crippen molar-refractivity contribution in [1.29, 1.82) is 0 Å². The Labute approximate surface area is 184 Å². The summed E-state index contributed by atoms with van der Waals surface area (Å²) in [6, 6.07) is 16.7. The van der Waals surface area contributed by atoms with Crippen molar-refractivity contribution in [3.63, 3.8) is 0 Å². The smallest absolute Gasteiger partial charge is 0.230 e. The largest absolute Gasteiger partial charge is 0.338 e. The van der Waals surface area contributed by atoms with Crippen molar-refractivity contribution in [2.75, 3.05) is 11.9 Å². The van der Waals surface area contributed by atoms with Crippen LogP contribution in [0.15, 0.2) is 60.8 Å². The molecule has 0 aliphatic carbocycles. The quantitative estimate of drug-likeness (QED) is 0.620. The fourth-order valence-corrected chi connectivity index (χ4v) is 3.98. The Kier molecular flexibility index (Phi) is 6.06. The van der Waals surface area contributed by atoms with E-state index in [2.05, 4.69) is 10.4 Å². The number of carbonyl (C=O) groups is 2. The van der Waals surface area contributed by atoms with E-state index >= 15 is 0 Å². The molecule has 0 saturated carbocycles. The van der Waals surface area contributed by atoms with Crippen LogP contribution in [0.5, 0.6) is 0 Å². The summed E-state index contributed by atoms with van der Waals surface area (Å²) in [4.78, 5) is 26.9. The summed E-state index contributed by atoms with van der Waals surface area (Å²) in [6.45, 7) is 1.30. The van der Waals surface area contributed by atoms with Gasteiger partial charge in [0.25, 0.3) is 0 Å². The number of aromatic nitrogens is 2. The first-order chi connectivity index (χ1) is 14.5. The Bertz CT molecular complexity index is 1070. The zero-order valence-corrected chi connectivity index (χ0v) is 17.6. The van der Waals surface area contributed by atoms with Gasteiger partial charge < -0.3 is 10.2 Å². The number of likely N-dealkylation sites (tertiary alicyclic amines) is 1. The van der Waals surface area contributed by atoms with Crippen molar-refractivity contribution in [1.82, 2.24) is 14.7 Å². The lowest BCUT2D eigenvalue weighted by Gasteiger charge is -2.17. The van der Waals surface area contributed by atoms with Crippen molar-refractivity contribution in [2.24, 2.45) is 5.92 Å². The van der Waals surface area contributed by atoms with E-state index in [0.29, 0.717) is 35.5 Å². The molecule has 1 atom stereocenters. The summed E-state index contributed by atoms with van der Waals surface area (Å²) in [5.74, 6) is -0.0491. The number of hydrogen-bond acceptors (Lipinski definition) is 3. The van der Waals surface area contributed by atoms with E-state index in [-0.39, 0.29) is 18.2 Å². The lowest BCUT2D eigenvalue weighted by atomic mass is 10.1. The molecule has 0 bridgehead atoms. The maximum Gasteiger partial charge on any atom is 0.230 e. The molecule has 3 aromatic rings. The Morgan fingerprint density at radius 3 is 2.67 bits per heavy atom. The Morgan fingerprint density at radius 1 is 1.10 bits per heavy atom. The molecule has 1 aromatic heterocycles. The monoisotopic (exact) mass is 442 g/mol. The molecule has 0 radical (unpaired) electrons. The number of nitrogens with zero attached hydrogens (tertiary/aromatic N) is 3. The number of hydrogen-bond donors (Lipinski definition) is 1. The standard InChI is InChI=1S/C22H20Cl2N4O2/c23-18-7-6-16(19(24)11-18)14-28-20(8-9-25-28)26-22(30)17-10-21(29)27(13-17)12-15-4-2-1-3-5-15/h1-9,11,17H,10,12-14H2,(H,26,30). The van der Waals surface area contributed by atoms with Crippen LogP contribution in [0.2, 0.25) is 10.0 Å². The van der Waals surface area contributed by atoms with Gasteiger partial charge in [0, 0.05) is 35.6 Å². The lowest BCUT2D eigenvalue weighted by Crippen LogP contribution is -2.28. The van der Waals surface area contributed by atoms with Crippen molar-refractivity contribution < 1.29 is 9.59 Å². The minimum atomic E-state index is -0.399. The van der Waals surface area contributed by atoms with Gasteiger partial charge in [-0.2, -0.15) is 5.10 Å². The summed E-state index contributed by atoms with van der Waals surface area (Å²) in [7, 11) is 0. The van der Waals surface area contributed by atoms with Crippen LogP contribution in [0.4, 0.5) is 5.82 Å². The average molecular weight is 443 g/mol. The molecule has 1 saturated heterocycles. The van der Waals surface area contributed by atoms with E-state index in [1.54, 1.807) is 34.0 Å². The molecule has 0 spiro atoms. The van der Waals surface area contributed by atoms with E-state index in [1.807, 2.05) is 36.4 Å². The molecular formula is C22H20Cl2N4O2. The molecule has 1 aliphatic heterocycles. The lowest BCUT2D eigenvalue weighted by molar-refractivity contribution is -0.128. The number of anilines is 1. The van der Waals surface area contributed by atoms with E-state index in [1.165, 1.54) is 0 Å². The van der Waals surface area contributed by atoms with Crippen LogP contribution >= 0.6 is 23.2 Å². The SMILES string of the molecule is O=C(Nc1ccnn1Cc1ccc(Cl)cc1Cl)C1CC(=O)N(Cc2ccccc2)C1. The molecule has 1 unspecified atom stereocenters. The predicted molar refractivity (Wildman–Crippen MR) is 116 cm³/mol. The molecule has 154 valence electrons. The van der Waals surface area contributed by atoms with Gasteiger partial charge in [-0.1, -0.05) is 59.6 Å². The van der Waals surface area contributed by atoms with Gasteiger partial charge in [0.05, 0.1) is 18.7 Å². The van der Waals surface area contributed by atoms with E-state index in [9.17, 15) is 9.59 Å². The van der Waals surface area contributed by atoms with Crippen LogP contribution in [-0.4, -0.2) is 33.0 Å². The highest BCUT2D eigenvalue weighted by molar-refractivity contribution is 6.35. The summed E-state index contributed by atoms with van der Waals surface area (Å²) in [5.41, 5.74) is 1.88. The summed E-state index contributed by atoms with van der Waals surface area (Å²) in [5, 5.41) is 8.27. The highest BCUT2D eigenvalue weighted by atomic mass is 35.5. The third kappa shape index (κ3) is 4.66. The fraction of sp³-hybridized carbons (Fsp3) is 0.227. The third-order valence-corrected chi connectivity index (χ3v) is 5.69. The molecule has 6 nitrogen and oxygen atoms in total. The van der Waals surface area contributed by atoms with Gasteiger partial charge >= 0.3 is 0 Å². The van der Waals surface area contributed by atoms with Crippen molar-refractivity contribution >= 4 is 40.8 Å². The minimum absolute atomic E-state index is 0.0135. The number of benzene rings is 2. The molecule has 1 fully saturated rings. The van der Waals surface area contributed by atoms with Crippen LogP contribution in [0, 0.1) is 5.92 Å². The molecule has 4 rings (SSSR count). The Hall–Kier alpha value is -2.83. The number of nitrogens with one attached hydrogen (secondary N) is 1. The molecule has 2 aromatic carbocycles. The maximum atomic E-state index is 12.8. The van der Waals surface area contributed by atoms with E-state index in [0.717, 1.165) is 11.1 Å². The number of amides is 2. The Balaban J connectivity index is 1.40.